The zero-order valence-corrected chi connectivity index (χ0v) is 15.6. The fourth-order valence-corrected chi connectivity index (χ4v) is 2.98. The molecule has 1 saturated heterocycles. The molecular formula is C17H27N7O2. The highest BCUT2D eigenvalue weighted by Crippen LogP contribution is 2.22. The van der Waals surface area contributed by atoms with E-state index in [4.69, 9.17) is 4.74 Å². The van der Waals surface area contributed by atoms with Gasteiger partial charge in [-0.2, -0.15) is 20.1 Å². The molecule has 1 aliphatic rings. The third-order valence-electron chi connectivity index (χ3n) is 4.59. The van der Waals surface area contributed by atoms with Crippen LogP contribution in [0.3, 0.4) is 0 Å². The SMILES string of the molecule is COc1nc(NCC(C)(O)c2cnn(C)c2)nc(N2CCCCCC2)n1. The highest BCUT2D eigenvalue weighted by atomic mass is 16.5. The van der Waals surface area contributed by atoms with E-state index in [1.807, 2.05) is 7.05 Å². The molecule has 0 amide bonds. The summed E-state index contributed by atoms with van der Waals surface area (Å²) in [5, 5.41) is 17.9. The van der Waals surface area contributed by atoms with Gasteiger partial charge in [-0.3, -0.25) is 4.68 Å². The fraction of sp³-hybridized carbons (Fsp3) is 0.647. The van der Waals surface area contributed by atoms with Crippen LogP contribution in [0.1, 0.15) is 38.2 Å². The molecule has 0 saturated carbocycles. The van der Waals surface area contributed by atoms with E-state index in [0.29, 0.717) is 11.9 Å². The molecule has 0 bridgehead atoms. The number of methoxy groups -OCH3 is 1. The predicted molar refractivity (Wildman–Crippen MR) is 98.3 cm³/mol. The van der Waals surface area contributed by atoms with E-state index in [0.717, 1.165) is 31.5 Å². The average molecular weight is 361 g/mol. The Morgan fingerprint density at radius 3 is 2.54 bits per heavy atom. The van der Waals surface area contributed by atoms with Gasteiger partial charge in [-0.15, -0.1) is 0 Å². The molecule has 1 fully saturated rings. The Kier molecular flexibility index (Phi) is 5.55. The highest BCUT2D eigenvalue weighted by molar-refractivity contribution is 5.39. The summed E-state index contributed by atoms with van der Waals surface area (Å²) in [5.41, 5.74) is -0.377. The first-order valence-electron chi connectivity index (χ1n) is 8.98. The summed E-state index contributed by atoms with van der Waals surface area (Å²) in [4.78, 5) is 15.3. The molecular weight excluding hydrogens is 334 g/mol. The summed E-state index contributed by atoms with van der Waals surface area (Å²) in [5.74, 6) is 1.00. The summed E-state index contributed by atoms with van der Waals surface area (Å²) >= 11 is 0. The number of hydrogen-bond acceptors (Lipinski definition) is 8. The van der Waals surface area contributed by atoms with Gasteiger partial charge in [0.1, 0.15) is 5.60 Å². The molecule has 0 spiro atoms. The molecule has 0 aliphatic carbocycles. The standard InChI is InChI=1S/C17H27N7O2/c1-17(25,13-10-19-23(2)11-13)12-18-14-20-15(22-16(21-14)26-3)24-8-6-4-5-7-9-24/h10-11,25H,4-9,12H2,1-3H3,(H,18,20,21,22). The zero-order valence-electron chi connectivity index (χ0n) is 15.6. The van der Waals surface area contributed by atoms with E-state index in [1.165, 1.54) is 20.0 Å². The summed E-state index contributed by atoms with van der Waals surface area (Å²) in [6, 6.07) is 0.266. The fourth-order valence-electron chi connectivity index (χ4n) is 2.98. The Bertz CT molecular complexity index is 724. The maximum atomic E-state index is 10.7. The van der Waals surface area contributed by atoms with Crippen molar-refractivity contribution in [3.63, 3.8) is 0 Å². The van der Waals surface area contributed by atoms with E-state index in [-0.39, 0.29) is 12.6 Å². The lowest BCUT2D eigenvalue weighted by Crippen LogP contribution is -2.31. The molecule has 1 unspecified atom stereocenters. The van der Waals surface area contributed by atoms with Crippen LogP contribution in [-0.2, 0) is 12.6 Å². The Balaban J connectivity index is 1.75. The number of nitrogens with zero attached hydrogens (tertiary/aromatic N) is 6. The van der Waals surface area contributed by atoms with Crippen molar-refractivity contribution in [3.05, 3.63) is 18.0 Å². The predicted octanol–water partition coefficient (Wildman–Crippen LogP) is 1.31. The molecule has 142 valence electrons. The average Bonchev–Trinajstić information content (AvgIpc) is 2.91. The van der Waals surface area contributed by atoms with Crippen molar-refractivity contribution in [3.8, 4) is 6.01 Å². The molecule has 26 heavy (non-hydrogen) atoms. The van der Waals surface area contributed by atoms with Gasteiger partial charge in [0.15, 0.2) is 0 Å². The van der Waals surface area contributed by atoms with Gasteiger partial charge < -0.3 is 20.1 Å². The lowest BCUT2D eigenvalue weighted by atomic mass is 10.00. The number of aryl methyl sites for hydroxylation is 1. The van der Waals surface area contributed by atoms with Gasteiger partial charge in [-0.05, 0) is 19.8 Å². The number of hydrogen-bond donors (Lipinski definition) is 2. The molecule has 2 aromatic heterocycles. The van der Waals surface area contributed by atoms with Gasteiger partial charge in [-0.1, -0.05) is 12.8 Å². The van der Waals surface area contributed by atoms with Crippen LogP contribution in [0.25, 0.3) is 0 Å². The summed E-state index contributed by atoms with van der Waals surface area (Å²) in [6.07, 6.45) is 8.17. The molecule has 1 atom stereocenters. The smallest absolute Gasteiger partial charge is 0.322 e. The van der Waals surface area contributed by atoms with Crippen LogP contribution >= 0.6 is 0 Å². The van der Waals surface area contributed by atoms with E-state index in [2.05, 4.69) is 30.3 Å². The monoisotopic (exact) mass is 361 g/mol. The number of rotatable bonds is 6. The second kappa shape index (κ2) is 7.86. The maximum absolute atomic E-state index is 10.7. The minimum atomic E-state index is -1.10. The largest absolute Gasteiger partial charge is 0.467 e. The van der Waals surface area contributed by atoms with Gasteiger partial charge in [0.25, 0.3) is 0 Å². The Labute approximate surface area is 153 Å². The van der Waals surface area contributed by atoms with Gasteiger partial charge >= 0.3 is 6.01 Å². The number of aromatic nitrogens is 5. The number of nitrogens with one attached hydrogen (secondary N) is 1. The van der Waals surface area contributed by atoms with Crippen LogP contribution in [0, 0.1) is 0 Å². The summed E-state index contributed by atoms with van der Waals surface area (Å²) in [7, 11) is 3.36. The lowest BCUT2D eigenvalue weighted by molar-refractivity contribution is 0.0712. The second-order valence-electron chi connectivity index (χ2n) is 6.88. The lowest BCUT2D eigenvalue weighted by Gasteiger charge is -2.23. The van der Waals surface area contributed by atoms with Gasteiger partial charge in [0.2, 0.25) is 11.9 Å². The summed E-state index contributed by atoms with van der Waals surface area (Å²) in [6.45, 7) is 3.83. The Hall–Kier alpha value is -2.42. The Morgan fingerprint density at radius 2 is 1.92 bits per heavy atom. The molecule has 2 aromatic rings. The van der Waals surface area contributed by atoms with Gasteiger partial charge in [0.05, 0.1) is 19.9 Å². The number of aliphatic hydroxyl groups is 1. The summed E-state index contributed by atoms with van der Waals surface area (Å²) < 4.78 is 6.89. The van der Waals surface area contributed by atoms with E-state index < -0.39 is 5.60 Å². The van der Waals surface area contributed by atoms with Gasteiger partial charge in [-0.25, -0.2) is 0 Å². The molecule has 3 rings (SSSR count). The first-order chi connectivity index (χ1) is 12.5. The van der Waals surface area contributed by atoms with E-state index in [9.17, 15) is 5.11 Å². The minimum Gasteiger partial charge on any atom is -0.467 e. The first kappa shape index (κ1) is 18.4. The van der Waals surface area contributed by atoms with Crippen molar-refractivity contribution in [1.82, 2.24) is 24.7 Å². The van der Waals surface area contributed by atoms with Crippen molar-refractivity contribution < 1.29 is 9.84 Å². The second-order valence-corrected chi connectivity index (χ2v) is 6.88. The quantitative estimate of drug-likeness (QED) is 0.794. The molecule has 9 heteroatoms. The van der Waals surface area contributed by atoms with E-state index >= 15 is 0 Å². The van der Waals surface area contributed by atoms with Crippen LogP contribution in [-0.4, -0.2) is 56.6 Å². The third-order valence-corrected chi connectivity index (χ3v) is 4.59. The highest BCUT2D eigenvalue weighted by Gasteiger charge is 2.25. The van der Waals surface area contributed by atoms with Crippen molar-refractivity contribution in [2.24, 2.45) is 7.05 Å². The maximum Gasteiger partial charge on any atom is 0.322 e. The normalized spacial score (nSPS) is 17.5. The molecule has 3 heterocycles. The third kappa shape index (κ3) is 4.40. The van der Waals surface area contributed by atoms with Crippen LogP contribution in [0.15, 0.2) is 12.4 Å². The van der Waals surface area contributed by atoms with Crippen LogP contribution in [0.5, 0.6) is 6.01 Å². The topological polar surface area (TPSA) is 101 Å². The minimum absolute atomic E-state index is 0.241. The van der Waals surface area contributed by atoms with Crippen molar-refractivity contribution in [2.75, 3.05) is 37.0 Å². The number of ether oxygens (including phenoxy) is 1. The molecule has 9 nitrogen and oxygen atoms in total. The first-order valence-corrected chi connectivity index (χ1v) is 8.98. The van der Waals surface area contributed by atoms with Crippen LogP contribution < -0.4 is 15.0 Å². The van der Waals surface area contributed by atoms with Crippen molar-refractivity contribution in [2.45, 2.75) is 38.2 Å². The van der Waals surface area contributed by atoms with Crippen molar-refractivity contribution in [1.29, 1.82) is 0 Å². The van der Waals surface area contributed by atoms with Crippen LogP contribution in [0.2, 0.25) is 0 Å². The van der Waals surface area contributed by atoms with E-state index in [1.54, 1.807) is 24.0 Å². The molecule has 1 aliphatic heterocycles. The molecule has 0 radical (unpaired) electrons. The van der Waals surface area contributed by atoms with Crippen molar-refractivity contribution >= 4 is 11.9 Å². The molecule has 2 N–H and O–H groups in total. The number of anilines is 2. The zero-order chi connectivity index (χ0) is 18.6. The Morgan fingerprint density at radius 1 is 1.19 bits per heavy atom. The van der Waals surface area contributed by atoms with Gasteiger partial charge in [0, 0.05) is 31.9 Å². The van der Waals surface area contributed by atoms with Crippen LogP contribution in [0.4, 0.5) is 11.9 Å². The molecule has 0 aromatic carbocycles.